The highest BCUT2D eigenvalue weighted by Crippen LogP contribution is 2.43. The fourth-order valence-corrected chi connectivity index (χ4v) is 5.81. The first-order valence-electron chi connectivity index (χ1n) is 11.4. The van der Waals surface area contributed by atoms with Gasteiger partial charge in [-0.2, -0.15) is 34.8 Å². The van der Waals surface area contributed by atoms with Crippen molar-refractivity contribution in [1.29, 1.82) is 0 Å². The van der Waals surface area contributed by atoms with E-state index in [1.54, 1.807) is 0 Å². The molecule has 0 atom stereocenters. The molecule has 1 saturated carbocycles. The van der Waals surface area contributed by atoms with Crippen molar-refractivity contribution in [2.45, 2.75) is 36.1 Å². The molecule has 5 rings (SSSR count). The zero-order valence-electron chi connectivity index (χ0n) is 19.9. The van der Waals surface area contributed by atoms with E-state index in [4.69, 9.17) is 5.73 Å². The maximum atomic E-state index is 13.5. The van der Waals surface area contributed by atoms with Gasteiger partial charge in [0.05, 0.1) is 33.6 Å². The first-order valence-corrected chi connectivity index (χ1v) is 12.9. The molecule has 40 heavy (non-hydrogen) atoms. The molecule has 0 aliphatic heterocycles. The third-order valence-electron chi connectivity index (χ3n) is 6.43. The Morgan fingerprint density at radius 1 is 0.825 bits per heavy atom. The molecule has 2 aliphatic rings. The number of nitrogen functional groups attached to an aromatic ring is 1. The van der Waals surface area contributed by atoms with Gasteiger partial charge in [0.2, 0.25) is 6.04 Å². The monoisotopic (exact) mass is 584 g/mol. The van der Waals surface area contributed by atoms with Gasteiger partial charge in [-0.25, -0.2) is 0 Å². The molecule has 0 saturated heterocycles. The second-order valence-electron chi connectivity index (χ2n) is 9.20. The molecule has 8 nitrogen and oxygen atoms in total. The zero-order chi connectivity index (χ0) is 29.4. The summed E-state index contributed by atoms with van der Waals surface area (Å²) in [6, 6.07) is 5.63. The number of ketones is 2. The Hall–Kier alpha value is -4.27. The largest absolute Gasteiger partial charge is 0.439 e. The van der Waals surface area contributed by atoms with Gasteiger partial charge < -0.3 is 11.1 Å². The van der Waals surface area contributed by atoms with Gasteiger partial charge in [-0.05, 0) is 24.3 Å². The number of carbonyl (C=O) groups excluding carboxylic acids is 2. The molecule has 208 valence electrons. The average molecular weight is 584 g/mol. The predicted molar refractivity (Wildman–Crippen MR) is 128 cm³/mol. The SMILES string of the molecule is Nc1c(S(=O)(=O)[N+](=O)C2CC2)cc(Nc2cc(C(F)(F)F)cc(C(F)(F)F)c2)c2c1C(=O)c1ccccc1C2=O. The molecule has 2 aliphatic carbocycles. The Kier molecular flexibility index (Phi) is 6.06. The number of hydrogen-bond donors (Lipinski definition) is 2. The first-order chi connectivity index (χ1) is 18.5. The highest BCUT2D eigenvalue weighted by molar-refractivity contribution is 7.85. The van der Waals surface area contributed by atoms with E-state index in [0.717, 1.165) is 0 Å². The number of fused-ring (bicyclic) bond motifs is 2. The molecule has 3 N–H and O–H groups in total. The van der Waals surface area contributed by atoms with Crippen molar-refractivity contribution in [3.05, 3.63) is 86.8 Å². The van der Waals surface area contributed by atoms with Crippen LogP contribution >= 0.6 is 0 Å². The number of benzene rings is 3. The smallest absolute Gasteiger partial charge is 0.397 e. The molecule has 15 heteroatoms. The average Bonchev–Trinajstić information content (AvgIpc) is 3.72. The minimum absolute atomic E-state index is 0.116. The molecule has 0 amide bonds. The molecule has 0 radical (unpaired) electrons. The molecule has 3 aromatic rings. The van der Waals surface area contributed by atoms with Gasteiger partial charge in [-0.15, -0.1) is 0 Å². The van der Waals surface area contributed by atoms with Crippen LogP contribution < -0.4 is 11.1 Å². The van der Waals surface area contributed by atoms with E-state index < -0.39 is 84.2 Å². The number of anilines is 3. The van der Waals surface area contributed by atoms with E-state index in [-0.39, 0.29) is 34.2 Å². The maximum absolute atomic E-state index is 13.5. The Morgan fingerprint density at radius 2 is 1.32 bits per heavy atom. The second kappa shape index (κ2) is 8.87. The zero-order valence-corrected chi connectivity index (χ0v) is 20.7. The summed E-state index contributed by atoms with van der Waals surface area (Å²) in [5.74, 6) is -1.82. The van der Waals surface area contributed by atoms with E-state index in [1.165, 1.54) is 24.3 Å². The molecular weight excluding hydrogens is 568 g/mol. The highest BCUT2D eigenvalue weighted by Gasteiger charge is 2.49. The van der Waals surface area contributed by atoms with Crippen molar-refractivity contribution in [3.8, 4) is 0 Å². The van der Waals surface area contributed by atoms with Crippen molar-refractivity contribution >= 4 is 38.7 Å². The van der Waals surface area contributed by atoms with Gasteiger partial charge >= 0.3 is 22.4 Å². The third kappa shape index (κ3) is 4.49. The number of carbonyl (C=O) groups is 2. The fraction of sp³-hybridized carbons (Fsp3) is 0.200. The number of nitrogens with two attached hydrogens (primary N) is 1. The summed E-state index contributed by atoms with van der Waals surface area (Å²) in [6.07, 6.45) is -9.92. The maximum Gasteiger partial charge on any atom is 0.439 e. The van der Waals surface area contributed by atoms with Crippen molar-refractivity contribution < 1.29 is 48.5 Å². The lowest BCUT2D eigenvalue weighted by Crippen LogP contribution is -2.27. The molecular formula is C25H16F6N3O5S+. The minimum atomic E-state index is -5.20. The number of hydrogen-bond acceptors (Lipinski definition) is 7. The van der Waals surface area contributed by atoms with Gasteiger partial charge in [-0.3, -0.25) is 9.59 Å². The van der Waals surface area contributed by atoms with E-state index in [1.807, 2.05) is 0 Å². The van der Waals surface area contributed by atoms with Gasteiger partial charge in [0, 0.05) is 34.6 Å². The normalized spacial score (nSPS) is 15.4. The van der Waals surface area contributed by atoms with Crippen LogP contribution in [0.5, 0.6) is 0 Å². The topological polar surface area (TPSA) is 126 Å². The van der Waals surface area contributed by atoms with Crippen LogP contribution in [0, 0.1) is 4.91 Å². The van der Waals surface area contributed by atoms with Crippen LogP contribution in [-0.4, -0.2) is 30.2 Å². The van der Waals surface area contributed by atoms with Crippen LogP contribution in [0.15, 0.2) is 53.4 Å². The lowest BCUT2D eigenvalue weighted by atomic mass is 9.82. The van der Waals surface area contributed by atoms with Crippen LogP contribution in [0.3, 0.4) is 0 Å². The number of nitroso groups, excluding NO2 is 1. The van der Waals surface area contributed by atoms with Gasteiger partial charge in [0.25, 0.3) is 0 Å². The Labute approximate surface area is 221 Å². The predicted octanol–water partition coefficient (Wildman–Crippen LogP) is 5.46. The summed E-state index contributed by atoms with van der Waals surface area (Å²) < 4.78 is 107. The summed E-state index contributed by atoms with van der Waals surface area (Å²) in [4.78, 5) is 38.4. The molecule has 0 spiro atoms. The molecule has 3 aromatic carbocycles. The van der Waals surface area contributed by atoms with E-state index in [9.17, 15) is 49.3 Å². The van der Waals surface area contributed by atoms with Crippen molar-refractivity contribution in [3.63, 3.8) is 0 Å². The quantitative estimate of drug-likeness (QED) is 0.181. The first kappa shape index (κ1) is 27.3. The highest BCUT2D eigenvalue weighted by atomic mass is 32.2. The van der Waals surface area contributed by atoms with Crippen molar-refractivity contribution in [1.82, 2.24) is 0 Å². The summed E-state index contributed by atoms with van der Waals surface area (Å²) in [5.41, 5.74) is -1.08. The van der Waals surface area contributed by atoms with Gasteiger partial charge in [0.15, 0.2) is 16.5 Å². The number of sulfonamides is 1. The van der Waals surface area contributed by atoms with Crippen LogP contribution in [0.4, 0.5) is 43.4 Å². The Bertz CT molecular complexity index is 1710. The van der Waals surface area contributed by atoms with Crippen LogP contribution in [0.2, 0.25) is 0 Å². The molecule has 0 bridgehead atoms. The lowest BCUT2D eigenvalue weighted by molar-refractivity contribution is -0.405. The molecule has 1 fully saturated rings. The van der Waals surface area contributed by atoms with Crippen molar-refractivity contribution in [2.75, 3.05) is 11.1 Å². The van der Waals surface area contributed by atoms with E-state index in [0.29, 0.717) is 18.2 Å². The van der Waals surface area contributed by atoms with Crippen LogP contribution in [-0.2, 0) is 22.4 Å². The Balaban J connectivity index is 1.78. The second-order valence-corrected chi connectivity index (χ2v) is 11.0. The third-order valence-corrected chi connectivity index (χ3v) is 8.09. The fourth-order valence-electron chi connectivity index (χ4n) is 4.37. The molecule has 0 unspecified atom stereocenters. The molecule has 0 heterocycles. The van der Waals surface area contributed by atoms with Crippen molar-refractivity contribution in [2.24, 2.45) is 0 Å². The summed E-state index contributed by atoms with van der Waals surface area (Å²) in [6.45, 7) is 0. The Morgan fingerprint density at radius 3 is 1.80 bits per heavy atom. The van der Waals surface area contributed by atoms with Crippen LogP contribution in [0.25, 0.3) is 0 Å². The van der Waals surface area contributed by atoms with E-state index >= 15 is 0 Å². The van der Waals surface area contributed by atoms with Gasteiger partial charge in [-0.1, -0.05) is 24.3 Å². The van der Waals surface area contributed by atoms with Crippen LogP contribution in [0.1, 0.15) is 55.8 Å². The summed E-state index contributed by atoms with van der Waals surface area (Å²) in [5, 5.41) is 2.25. The summed E-state index contributed by atoms with van der Waals surface area (Å²) >= 11 is 0. The number of rotatable bonds is 5. The summed E-state index contributed by atoms with van der Waals surface area (Å²) in [7, 11) is -4.95. The standard InChI is InChI=1S/C25H15F6N3O5S/c26-24(27,28)11-7-12(25(29,30)31)9-13(8-11)33-17-10-18(40(38,39)34(37)14-5-6-14)21(32)20-19(17)22(35)15-3-1-2-4-16(15)23(20)36/h1-4,7-10,14H,5-6H2,(H2-,32,33,35,36)/p+1. The van der Waals surface area contributed by atoms with E-state index in [2.05, 4.69) is 5.32 Å². The number of halogens is 6. The number of nitrogens with one attached hydrogen (secondary N) is 1. The molecule has 0 aromatic heterocycles. The number of alkyl halides is 6. The number of nitrogens with zero attached hydrogens (tertiary/aromatic N) is 1. The minimum Gasteiger partial charge on any atom is -0.397 e. The lowest BCUT2D eigenvalue weighted by Gasteiger charge is -2.24. The van der Waals surface area contributed by atoms with Gasteiger partial charge in [0.1, 0.15) is 4.17 Å².